The molecule has 0 N–H and O–H groups in total. The van der Waals surface area contributed by atoms with Gasteiger partial charge in [0.2, 0.25) is 0 Å². The van der Waals surface area contributed by atoms with Crippen molar-refractivity contribution in [1.82, 2.24) is 0 Å². The molecule has 0 atom stereocenters. The Hall–Kier alpha value is 0.530. The van der Waals surface area contributed by atoms with Gasteiger partial charge in [-0.15, -0.1) is 0 Å². The van der Waals surface area contributed by atoms with Crippen LogP contribution < -0.4 is 0 Å². The number of unbranched alkanes of at least 4 members (excludes halogenated alkanes) is 8. The monoisotopic (exact) mass is 318 g/mol. The van der Waals surface area contributed by atoms with Crippen LogP contribution in [-0.4, -0.2) is 0 Å². The van der Waals surface area contributed by atoms with Crippen molar-refractivity contribution in [2.75, 3.05) is 0 Å². The van der Waals surface area contributed by atoms with Crippen LogP contribution >= 0.6 is 31.4 Å². The molecule has 112 valence electrons. The fourth-order valence-electron chi connectivity index (χ4n) is 1.66. The van der Waals surface area contributed by atoms with Gasteiger partial charge in [-0.1, -0.05) is 86.1 Å². The van der Waals surface area contributed by atoms with E-state index in [1.165, 1.54) is 64.2 Å². The fourth-order valence-corrected chi connectivity index (χ4v) is 4.33. The van der Waals surface area contributed by atoms with Crippen molar-refractivity contribution in [2.45, 2.75) is 78.1 Å². The van der Waals surface area contributed by atoms with Crippen molar-refractivity contribution in [3.05, 3.63) is 23.0 Å². The van der Waals surface area contributed by atoms with E-state index < -0.39 is 0 Å². The van der Waals surface area contributed by atoms with Crippen molar-refractivity contribution in [3.8, 4) is 0 Å². The van der Waals surface area contributed by atoms with Gasteiger partial charge in [0.05, 0.1) is 0 Å². The summed E-state index contributed by atoms with van der Waals surface area (Å²) in [6, 6.07) is 0. The lowest BCUT2D eigenvalue weighted by Gasteiger charge is -1.94. The molecule has 3 heteroatoms. The van der Waals surface area contributed by atoms with Gasteiger partial charge in [0.15, 0.2) is 0 Å². The maximum absolute atomic E-state index is 2.31. The topological polar surface area (TPSA) is 0 Å². The molecular formula is C16H30S3. The molecule has 0 aromatic rings. The maximum atomic E-state index is 2.31. The van der Waals surface area contributed by atoms with E-state index in [1.54, 1.807) is 0 Å². The molecule has 0 aromatic heterocycles. The third-order valence-electron chi connectivity index (χ3n) is 2.83. The van der Waals surface area contributed by atoms with Gasteiger partial charge in [-0.25, -0.2) is 0 Å². The lowest BCUT2D eigenvalue weighted by Crippen LogP contribution is -1.72. The van der Waals surface area contributed by atoms with E-state index in [4.69, 9.17) is 0 Å². The Labute approximate surface area is 132 Å². The van der Waals surface area contributed by atoms with Gasteiger partial charge in [0.1, 0.15) is 0 Å². The molecule has 0 saturated carbocycles. The summed E-state index contributed by atoms with van der Waals surface area (Å²) in [4.78, 5) is 0. The molecule has 0 amide bonds. The summed E-state index contributed by atoms with van der Waals surface area (Å²) in [5, 5.41) is 4.47. The van der Waals surface area contributed by atoms with Crippen molar-refractivity contribution >= 4 is 31.4 Å². The molecule has 0 nitrogen and oxygen atoms in total. The van der Waals surface area contributed by atoms with E-state index in [0.717, 1.165) is 0 Å². The van der Waals surface area contributed by atoms with Crippen LogP contribution in [0.4, 0.5) is 0 Å². The van der Waals surface area contributed by atoms with Crippen LogP contribution in [0.5, 0.6) is 0 Å². The first-order valence-corrected chi connectivity index (χ1v) is 11.3. The third kappa shape index (κ3) is 18.5. The molecule has 0 aliphatic heterocycles. The molecule has 19 heavy (non-hydrogen) atoms. The van der Waals surface area contributed by atoms with Crippen LogP contribution in [0.15, 0.2) is 23.0 Å². The average molecular weight is 319 g/mol. The second-order valence-electron chi connectivity index (χ2n) is 4.70. The van der Waals surface area contributed by atoms with Crippen LogP contribution in [0.25, 0.3) is 0 Å². The highest BCUT2D eigenvalue weighted by Crippen LogP contribution is 2.36. The Bertz CT molecular complexity index is 190. The second-order valence-corrected chi connectivity index (χ2v) is 8.56. The normalized spacial score (nSPS) is 11.9. The van der Waals surface area contributed by atoms with Crippen LogP contribution in [0, 0.1) is 0 Å². The number of hydrogen-bond donors (Lipinski definition) is 0. The third-order valence-corrected chi connectivity index (χ3v) is 6.15. The van der Waals surface area contributed by atoms with Crippen molar-refractivity contribution < 1.29 is 0 Å². The smallest absolute Gasteiger partial charge is 0.0158 e. The molecule has 0 fully saturated rings. The maximum Gasteiger partial charge on any atom is -0.0158 e. The van der Waals surface area contributed by atoms with Crippen molar-refractivity contribution in [2.24, 2.45) is 0 Å². The van der Waals surface area contributed by atoms with E-state index in [-0.39, 0.29) is 0 Å². The molecule has 0 aliphatic carbocycles. The molecule has 0 saturated heterocycles. The molecule has 0 radical (unpaired) electrons. The molecule has 0 bridgehead atoms. The summed E-state index contributed by atoms with van der Waals surface area (Å²) in [5.41, 5.74) is 0. The van der Waals surface area contributed by atoms with E-state index in [9.17, 15) is 0 Å². The highest BCUT2D eigenvalue weighted by molar-refractivity contribution is 9.10. The Morgan fingerprint density at radius 1 is 0.632 bits per heavy atom. The molecule has 0 spiro atoms. The van der Waals surface area contributed by atoms with Crippen molar-refractivity contribution in [3.63, 3.8) is 0 Å². The van der Waals surface area contributed by atoms with Gasteiger partial charge >= 0.3 is 0 Å². The minimum Gasteiger partial charge on any atom is -0.0773 e. The SMILES string of the molecule is CCCCCCC=CSSSC=CCCCCCC. The molecule has 0 aromatic carbocycles. The zero-order chi connectivity index (χ0) is 14.0. The van der Waals surface area contributed by atoms with Gasteiger partial charge in [0.25, 0.3) is 0 Å². The Morgan fingerprint density at radius 2 is 1.11 bits per heavy atom. The minimum atomic E-state index is 1.24. The summed E-state index contributed by atoms with van der Waals surface area (Å²) in [6.07, 6.45) is 18.0. The number of rotatable bonds is 14. The van der Waals surface area contributed by atoms with Crippen molar-refractivity contribution in [1.29, 1.82) is 0 Å². The van der Waals surface area contributed by atoms with E-state index in [0.29, 0.717) is 0 Å². The van der Waals surface area contributed by atoms with Gasteiger partial charge in [-0.3, -0.25) is 0 Å². The van der Waals surface area contributed by atoms with E-state index in [1.807, 2.05) is 31.4 Å². The lowest BCUT2D eigenvalue weighted by molar-refractivity contribution is 0.675. The summed E-state index contributed by atoms with van der Waals surface area (Å²) in [7, 11) is 5.52. The molecule has 0 rings (SSSR count). The summed E-state index contributed by atoms with van der Waals surface area (Å²) in [5.74, 6) is 0. The first-order chi connectivity index (χ1) is 9.41. The molecule has 0 aliphatic rings. The first-order valence-electron chi connectivity index (χ1n) is 7.70. The highest BCUT2D eigenvalue weighted by atomic mass is 33.5. The van der Waals surface area contributed by atoms with Crippen LogP contribution in [0.2, 0.25) is 0 Å². The second kappa shape index (κ2) is 18.5. The van der Waals surface area contributed by atoms with Crippen LogP contribution in [0.3, 0.4) is 0 Å². The number of hydrogen-bond acceptors (Lipinski definition) is 3. The predicted molar refractivity (Wildman–Crippen MR) is 98.6 cm³/mol. The molecule has 0 unspecified atom stereocenters. The zero-order valence-corrected chi connectivity index (χ0v) is 15.1. The average Bonchev–Trinajstić information content (AvgIpc) is 2.43. The Morgan fingerprint density at radius 3 is 1.53 bits per heavy atom. The van der Waals surface area contributed by atoms with E-state index >= 15 is 0 Å². The predicted octanol–water partition coefficient (Wildman–Crippen LogP) is 7.98. The number of allylic oxidation sites excluding steroid dienone is 2. The van der Waals surface area contributed by atoms with Gasteiger partial charge in [-0.2, -0.15) is 0 Å². The minimum absolute atomic E-state index is 1.24. The van der Waals surface area contributed by atoms with Crippen LogP contribution in [-0.2, 0) is 0 Å². The summed E-state index contributed by atoms with van der Waals surface area (Å²) >= 11 is 0. The zero-order valence-electron chi connectivity index (χ0n) is 12.6. The Kier molecular flexibility index (Phi) is 19.0. The highest BCUT2D eigenvalue weighted by Gasteiger charge is 1.87. The Balaban J connectivity index is 3.12. The van der Waals surface area contributed by atoms with Gasteiger partial charge < -0.3 is 0 Å². The molecular weight excluding hydrogens is 288 g/mol. The summed E-state index contributed by atoms with van der Waals surface area (Å²) in [6.45, 7) is 4.52. The summed E-state index contributed by atoms with van der Waals surface area (Å²) < 4.78 is 0. The first kappa shape index (κ1) is 19.5. The lowest BCUT2D eigenvalue weighted by atomic mass is 10.2. The quantitative estimate of drug-likeness (QED) is 0.235. The van der Waals surface area contributed by atoms with E-state index in [2.05, 4.69) is 36.8 Å². The fraction of sp³-hybridized carbons (Fsp3) is 0.750. The van der Waals surface area contributed by atoms with Gasteiger partial charge in [0, 0.05) is 0 Å². The molecule has 0 heterocycles. The van der Waals surface area contributed by atoms with Gasteiger partial charge in [-0.05, 0) is 46.3 Å². The standard InChI is InChI=1S/C16H30S3/c1-3-5-7-9-11-13-15-17-19-18-16-14-12-10-8-6-4-2/h13-16H,3-12H2,1-2H3. The largest absolute Gasteiger partial charge is 0.0773 e. The van der Waals surface area contributed by atoms with Crippen LogP contribution in [0.1, 0.15) is 78.1 Å².